The minimum atomic E-state index is -0.308. The minimum Gasteiger partial charge on any atom is -0.336 e. The highest BCUT2D eigenvalue weighted by molar-refractivity contribution is 9.10. The Bertz CT molecular complexity index is 1310. The maximum Gasteiger partial charge on any atom is 0.274 e. The summed E-state index contributed by atoms with van der Waals surface area (Å²) in [6.07, 6.45) is 5.19. The summed E-state index contributed by atoms with van der Waals surface area (Å²) in [6, 6.07) is 11.8. The molecule has 1 saturated carbocycles. The van der Waals surface area contributed by atoms with E-state index in [-0.39, 0.29) is 23.6 Å². The molecule has 0 saturated heterocycles. The number of rotatable bonds is 4. The number of nitrogens with zero attached hydrogens (tertiary/aromatic N) is 6. The van der Waals surface area contributed by atoms with Crippen molar-refractivity contribution in [3.05, 3.63) is 81.9 Å². The van der Waals surface area contributed by atoms with Crippen molar-refractivity contribution >= 4 is 27.7 Å². The van der Waals surface area contributed by atoms with Crippen molar-refractivity contribution in [3.63, 3.8) is 0 Å². The Labute approximate surface area is 211 Å². The molecule has 1 aliphatic carbocycles. The Morgan fingerprint density at radius 1 is 1.03 bits per heavy atom. The molecule has 0 bridgehead atoms. The van der Waals surface area contributed by atoms with Crippen molar-refractivity contribution in [1.82, 2.24) is 29.8 Å². The molecule has 3 aromatic rings. The van der Waals surface area contributed by atoms with E-state index in [2.05, 4.69) is 57.0 Å². The van der Waals surface area contributed by atoms with Gasteiger partial charge in [0.25, 0.3) is 5.91 Å². The summed E-state index contributed by atoms with van der Waals surface area (Å²) in [5.74, 6) is 0.374. The van der Waals surface area contributed by atoms with Crippen LogP contribution in [0.5, 0.6) is 0 Å². The van der Waals surface area contributed by atoms with Gasteiger partial charge in [0.05, 0.1) is 23.1 Å². The zero-order valence-electron chi connectivity index (χ0n) is 19.2. The van der Waals surface area contributed by atoms with Crippen LogP contribution in [-0.4, -0.2) is 61.2 Å². The van der Waals surface area contributed by atoms with Crippen LogP contribution >= 0.6 is 15.9 Å². The number of benzene rings is 1. The molecule has 2 amide bonds. The highest BCUT2D eigenvalue weighted by Crippen LogP contribution is 2.41. The van der Waals surface area contributed by atoms with Gasteiger partial charge in [0.2, 0.25) is 5.91 Å². The van der Waals surface area contributed by atoms with E-state index in [0.29, 0.717) is 43.0 Å². The normalized spacial score (nSPS) is 19.2. The van der Waals surface area contributed by atoms with Crippen molar-refractivity contribution in [1.29, 1.82) is 0 Å². The lowest BCUT2D eigenvalue weighted by Gasteiger charge is -2.37. The first-order valence-electron chi connectivity index (χ1n) is 12.0. The molecule has 2 aromatic heterocycles. The first kappa shape index (κ1) is 22.2. The van der Waals surface area contributed by atoms with E-state index in [1.54, 1.807) is 17.0 Å². The molecule has 0 N–H and O–H groups in total. The summed E-state index contributed by atoms with van der Waals surface area (Å²) in [5.41, 5.74) is 5.82. The summed E-state index contributed by atoms with van der Waals surface area (Å²) < 4.78 is 2.61. The fourth-order valence-corrected chi connectivity index (χ4v) is 5.47. The highest BCUT2D eigenvalue weighted by Gasteiger charge is 2.40. The van der Waals surface area contributed by atoms with Gasteiger partial charge in [-0.05, 0) is 70.6 Å². The van der Waals surface area contributed by atoms with E-state index >= 15 is 0 Å². The number of amides is 2. The van der Waals surface area contributed by atoms with Crippen molar-refractivity contribution in [2.45, 2.75) is 37.6 Å². The molecule has 0 unspecified atom stereocenters. The van der Waals surface area contributed by atoms with Crippen LogP contribution in [0.15, 0.2) is 53.7 Å². The van der Waals surface area contributed by atoms with Crippen LogP contribution in [0.1, 0.15) is 57.8 Å². The summed E-state index contributed by atoms with van der Waals surface area (Å²) in [6.45, 7) is 5.10. The third-order valence-electron chi connectivity index (χ3n) is 7.19. The average Bonchev–Trinajstić information content (AvgIpc) is 3.69. The molecule has 178 valence electrons. The van der Waals surface area contributed by atoms with Crippen LogP contribution < -0.4 is 0 Å². The largest absolute Gasteiger partial charge is 0.336 e. The van der Waals surface area contributed by atoms with E-state index in [4.69, 9.17) is 5.10 Å². The predicted octanol–water partition coefficient (Wildman–Crippen LogP) is 3.61. The number of hydrogen-bond donors (Lipinski definition) is 0. The fraction of sp³-hybridized carbons (Fsp3) is 0.346. The lowest BCUT2D eigenvalue weighted by molar-refractivity contribution is -0.126. The van der Waals surface area contributed by atoms with E-state index in [0.717, 1.165) is 22.6 Å². The zero-order valence-corrected chi connectivity index (χ0v) is 20.8. The number of carbonyl (C=O) groups excluding carboxylic acids is 2. The second-order valence-corrected chi connectivity index (χ2v) is 10.1. The number of aromatic nitrogens is 4. The van der Waals surface area contributed by atoms with Gasteiger partial charge in [0.1, 0.15) is 4.60 Å². The third-order valence-corrected chi connectivity index (χ3v) is 7.62. The highest BCUT2D eigenvalue weighted by atomic mass is 79.9. The Balaban J connectivity index is 1.40. The maximum absolute atomic E-state index is 13.5. The first-order chi connectivity index (χ1) is 17.0. The predicted molar refractivity (Wildman–Crippen MR) is 133 cm³/mol. The molecular formula is C26H25BrN6O2. The van der Waals surface area contributed by atoms with Gasteiger partial charge in [0.15, 0.2) is 5.69 Å². The van der Waals surface area contributed by atoms with E-state index in [1.165, 1.54) is 24.5 Å². The van der Waals surface area contributed by atoms with Crippen LogP contribution in [-0.2, 0) is 17.6 Å². The van der Waals surface area contributed by atoms with E-state index < -0.39 is 0 Å². The molecule has 2 aliphatic heterocycles. The van der Waals surface area contributed by atoms with E-state index in [9.17, 15) is 9.59 Å². The van der Waals surface area contributed by atoms with Gasteiger partial charge in [-0.25, -0.2) is 4.68 Å². The summed E-state index contributed by atoms with van der Waals surface area (Å²) in [7, 11) is 0. The van der Waals surface area contributed by atoms with Gasteiger partial charge < -0.3 is 9.80 Å². The van der Waals surface area contributed by atoms with Gasteiger partial charge in [-0.2, -0.15) is 5.10 Å². The van der Waals surface area contributed by atoms with Gasteiger partial charge >= 0.3 is 0 Å². The Morgan fingerprint density at radius 3 is 2.51 bits per heavy atom. The lowest BCUT2D eigenvalue weighted by atomic mass is 9.95. The SMILES string of the molecule is C=CC(=O)N1CCc2nn(-c3ccc(C4CC4)cc3)c3c2[C@H](C1)N(C(=O)c1ccc(Br)nn1)CC3. The van der Waals surface area contributed by atoms with Crippen molar-refractivity contribution < 1.29 is 9.59 Å². The van der Waals surface area contributed by atoms with Gasteiger partial charge in [-0.15, -0.1) is 10.2 Å². The molecule has 3 aliphatic rings. The van der Waals surface area contributed by atoms with Crippen molar-refractivity contribution in [3.8, 4) is 5.69 Å². The molecule has 1 atom stereocenters. The van der Waals surface area contributed by atoms with Gasteiger partial charge in [-0.3, -0.25) is 9.59 Å². The Kier molecular flexibility index (Phi) is 5.51. The number of hydrogen-bond acceptors (Lipinski definition) is 5. The molecule has 0 radical (unpaired) electrons. The number of carbonyl (C=O) groups is 2. The third kappa shape index (κ3) is 3.97. The summed E-state index contributed by atoms with van der Waals surface area (Å²) in [4.78, 5) is 29.7. The van der Waals surface area contributed by atoms with E-state index in [1.807, 2.05) is 9.58 Å². The second kappa shape index (κ2) is 8.71. The molecule has 9 heteroatoms. The van der Waals surface area contributed by atoms with Crippen LogP contribution in [0.3, 0.4) is 0 Å². The maximum atomic E-state index is 13.5. The standard InChI is InChI=1S/C26H25BrN6O2/c1-2-24(34)31-13-11-19-25-21(33(30-19)18-7-5-17(6-8-18)16-3-4-16)12-14-32(22(25)15-31)26(35)20-9-10-23(27)29-28-20/h2,5-10,16,22H,1,3-4,11-15H2/t22-/m0/s1. The molecule has 6 rings (SSSR count). The molecular weight excluding hydrogens is 508 g/mol. The average molecular weight is 533 g/mol. The summed E-state index contributed by atoms with van der Waals surface area (Å²) >= 11 is 3.28. The quantitative estimate of drug-likeness (QED) is 0.479. The first-order valence-corrected chi connectivity index (χ1v) is 12.8. The molecule has 0 spiro atoms. The van der Waals surface area contributed by atoms with Crippen LogP contribution in [0.4, 0.5) is 0 Å². The lowest BCUT2D eigenvalue weighted by Crippen LogP contribution is -2.46. The monoisotopic (exact) mass is 532 g/mol. The fourth-order valence-electron chi connectivity index (χ4n) is 5.26. The molecule has 4 heterocycles. The molecule has 1 aromatic carbocycles. The topological polar surface area (TPSA) is 84.2 Å². The van der Waals surface area contributed by atoms with Crippen LogP contribution in [0.25, 0.3) is 5.69 Å². The van der Waals surface area contributed by atoms with Crippen molar-refractivity contribution in [2.75, 3.05) is 19.6 Å². The molecule has 1 fully saturated rings. The smallest absolute Gasteiger partial charge is 0.274 e. The summed E-state index contributed by atoms with van der Waals surface area (Å²) in [5, 5.41) is 13.1. The van der Waals surface area contributed by atoms with Gasteiger partial charge in [0, 0.05) is 38.0 Å². The van der Waals surface area contributed by atoms with Gasteiger partial charge in [-0.1, -0.05) is 18.7 Å². The number of halogens is 1. The second-order valence-electron chi connectivity index (χ2n) is 9.33. The Hall–Kier alpha value is -3.33. The van der Waals surface area contributed by atoms with Crippen LogP contribution in [0.2, 0.25) is 0 Å². The molecule has 8 nitrogen and oxygen atoms in total. The molecule has 35 heavy (non-hydrogen) atoms. The van der Waals surface area contributed by atoms with Crippen LogP contribution in [0, 0.1) is 0 Å². The minimum absolute atomic E-state index is 0.137. The Morgan fingerprint density at radius 2 is 1.83 bits per heavy atom. The van der Waals surface area contributed by atoms with Crippen molar-refractivity contribution in [2.24, 2.45) is 0 Å². The zero-order chi connectivity index (χ0) is 24.1.